The highest BCUT2D eigenvalue weighted by molar-refractivity contribution is 5.71. The van der Waals surface area contributed by atoms with Crippen molar-refractivity contribution < 1.29 is 19.4 Å². The van der Waals surface area contributed by atoms with Gasteiger partial charge in [-0.3, -0.25) is 0 Å². The van der Waals surface area contributed by atoms with Crippen LogP contribution in [0.25, 0.3) is 0 Å². The number of esters is 1. The Kier molecular flexibility index (Phi) is 3.81. The molecule has 0 aromatic heterocycles. The van der Waals surface area contributed by atoms with Crippen LogP contribution in [-0.4, -0.2) is 36.5 Å². The van der Waals surface area contributed by atoms with Crippen LogP contribution in [0, 0.1) is 17.8 Å². The van der Waals surface area contributed by atoms with E-state index < -0.39 is 0 Å². The summed E-state index contributed by atoms with van der Waals surface area (Å²) in [4.78, 5) is 11.9. The Morgan fingerprint density at radius 1 is 1.11 bits per heavy atom. The lowest BCUT2D eigenvalue weighted by Crippen LogP contribution is -2.53. The minimum Gasteiger partial charge on any atom is -0.457 e. The van der Waals surface area contributed by atoms with Crippen molar-refractivity contribution in [1.29, 1.82) is 0 Å². The molecule has 0 aliphatic heterocycles. The molecule has 4 fully saturated rings. The van der Waals surface area contributed by atoms with E-state index in [1.807, 2.05) is 0 Å². The maximum atomic E-state index is 11.9. The highest BCUT2D eigenvalue weighted by Gasteiger charge is 2.53. The van der Waals surface area contributed by atoms with Crippen molar-refractivity contribution in [3.05, 3.63) is 0 Å². The minimum absolute atomic E-state index is 0.0295. The van der Waals surface area contributed by atoms with Crippen LogP contribution in [-0.2, 0) is 14.3 Å². The first-order valence-corrected chi connectivity index (χ1v) is 7.59. The summed E-state index contributed by atoms with van der Waals surface area (Å²) in [6.07, 6.45) is 7.84. The molecular formula is C15H24O4. The second kappa shape index (κ2) is 5.41. The second-order valence-corrected chi connectivity index (χ2v) is 6.70. The van der Waals surface area contributed by atoms with Gasteiger partial charge in [-0.25, -0.2) is 4.79 Å². The first kappa shape index (κ1) is 13.4. The Morgan fingerprint density at radius 3 is 2.21 bits per heavy atom. The fourth-order valence-electron chi connectivity index (χ4n) is 4.75. The third-order valence-corrected chi connectivity index (χ3v) is 4.98. The van der Waals surface area contributed by atoms with Gasteiger partial charge in [0.15, 0.2) is 0 Å². The van der Waals surface area contributed by atoms with Crippen molar-refractivity contribution in [3.63, 3.8) is 0 Å². The molecule has 0 aromatic rings. The van der Waals surface area contributed by atoms with E-state index in [1.54, 1.807) is 0 Å². The molecule has 4 saturated carbocycles. The lowest BCUT2D eigenvalue weighted by molar-refractivity contribution is -0.190. The average molecular weight is 268 g/mol. The van der Waals surface area contributed by atoms with Crippen LogP contribution in [0.3, 0.4) is 0 Å². The smallest absolute Gasteiger partial charge is 0.332 e. The summed E-state index contributed by atoms with van der Waals surface area (Å²) in [5, 5.41) is 8.65. The third kappa shape index (κ3) is 2.95. The summed E-state index contributed by atoms with van der Waals surface area (Å²) < 4.78 is 11.0. The molecule has 4 aliphatic carbocycles. The van der Waals surface area contributed by atoms with Crippen LogP contribution in [0.4, 0.5) is 0 Å². The molecule has 0 saturated heterocycles. The van der Waals surface area contributed by atoms with Gasteiger partial charge in [-0.1, -0.05) is 0 Å². The molecule has 0 unspecified atom stereocenters. The molecule has 0 aromatic carbocycles. The van der Waals surface area contributed by atoms with Crippen molar-refractivity contribution in [1.82, 2.24) is 0 Å². The van der Waals surface area contributed by atoms with Gasteiger partial charge in [-0.2, -0.15) is 0 Å². The van der Waals surface area contributed by atoms with E-state index in [0.29, 0.717) is 13.0 Å². The number of hydrogen-bond donors (Lipinski definition) is 1. The molecule has 4 aliphatic rings. The van der Waals surface area contributed by atoms with Gasteiger partial charge in [-0.15, -0.1) is 0 Å². The van der Waals surface area contributed by atoms with E-state index >= 15 is 0 Å². The maximum Gasteiger partial charge on any atom is 0.332 e. The minimum atomic E-state index is -0.222. The van der Waals surface area contributed by atoms with Gasteiger partial charge in [0.1, 0.15) is 12.2 Å². The monoisotopic (exact) mass is 268 g/mol. The number of carbonyl (C=O) groups is 1. The van der Waals surface area contributed by atoms with Crippen LogP contribution >= 0.6 is 0 Å². The first-order valence-electron chi connectivity index (χ1n) is 7.59. The van der Waals surface area contributed by atoms with Gasteiger partial charge in [0, 0.05) is 13.2 Å². The van der Waals surface area contributed by atoms with Crippen LogP contribution in [0.15, 0.2) is 0 Å². The topological polar surface area (TPSA) is 55.8 Å². The Morgan fingerprint density at radius 2 is 1.68 bits per heavy atom. The lowest BCUT2D eigenvalue weighted by Gasteiger charge is -2.55. The molecule has 4 rings (SSSR count). The molecule has 4 nitrogen and oxygen atoms in total. The number of rotatable bonds is 6. The molecule has 1 N–H and O–H groups in total. The number of ether oxygens (including phenoxy) is 2. The van der Waals surface area contributed by atoms with Gasteiger partial charge in [0.05, 0.1) is 0 Å². The van der Waals surface area contributed by atoms with E-state index in [9.17, 15) is 4.79 Å². The van der Waals surface area contributed by atoms with Gasteiger partial charge < -0.3 is 14.6 Å². The Hall–Kier alpha value is -0.610. The third-order valence-electron chi connectivity index (χ3n) is 4.98. The van der Waals surface area contributed by atoms with Crippen molar-refractivity contribution in [2.75, 3.05) is 19.8 Å². The number of aliphatic hydroxyl groups excluding tert-OH is 1. The quantitative estimate of drug-likeness (QED) is 0.590. The molecule has 0 amide bonds. The standard InChI is InChI=1S/C15H24O4/c16-2-1-3-18-10-14(17)19-15-7-11-4-12(8-15)6-13(5-11)9-15/h11-13,16H,1-10H2. The molecule has 0 spiro atoms. The highest BCUT2D eigenvalue weighted by atomic mass is 16.6. The van der Waals surface area contributed by atoms with E-state index in [4.69, 9.17) is 14.6 Å². The first-order chi connectivity index (χ1) is 9.19. The van der Waals surface area contributed by atoms with Crippen molar-refractivity contribution in [3.8, 4) is 0 Å². The van der Waals surface area contributed by atoms with E-state index in [0.717, 1.165) is 37.0 Å². The van der Waals surface area contributed by atoms with E-state index in [1.165, 1.54) is 19.3 Å². The van der Waals surface area contributed by atoms with E-state index in [2.05, 4.69) is 0 Å². The van der Waals surface area contributed by atoms with Crippen molar-refractivity contribution in [2.45, 2.75) is 50.5 Å². The second-order valence-electron chi connectivity index (χ2n) is 6.70. The Bertz CT molecular complexity index is 304. The zero-order valence-corrected chi connectivity index (χ0v) is 11.5. The summed E-state index contributed by atoms with van der Waals surface area (Å²) in [5.74, 6) is 2.14. The molecule has 0 radical (unpaired) electrons. The lowest BCUT2D eigenvalue weighted by atomic mass is 9.54. The zero-order chi connectivity index (χ0) is 13.3. The van der Waals surface area contributed by atoms with Crippen LogP contribution < -0.4 is 0 Å². The summed E-state index contributed by atoms with van der Waals surface area (Å²) >= 11 is 0. The Balaban J connectivity index is 1.50. The molecular weight excluding hydrogens is 244 g/mol. The SMILES string of the molecule is O=C(COCCCO)OC12CC3CC(CC(C3)C1)C2. The molecule has 0 atom stereocenters. The van der Waals surface area contributed by atoms with E-state index in [-0.39, 0.29) is 24.8 Å². The number of carbonyl (C=O) groups excluding carboxylic acids is 1. The average Bonchev–Trinajstić information content (AvgIpc) is 2.32. The molecule has 4 heteroatoms. The fraction of sp³-hybridized carbons (Fsp3) is 0.933. The normalized spacial score (nSPS) is 39.5. The summed E-state index contributed by atoms with van der Waals surface area (Å²) in [6, 6.07) is 0. The summed E-state index contributed by atoms with van der Waals surface area (Å²) in [7, 11) is 0. The summed E-state index contributed by atoms with van der Waals surface area (Å²) in [6.45, 7) is 0.554. The van der Waals surface area contributed by atoms with Crippen LogP contribution in [0.2, 0.25) is 0 Å². The van der Waals surface area contributed by atoms with Gasteiger partial charge >= 0.3 is 5.97 Å². The molecule has 0 heterocycles. The molecule has 108 valence electrons. The molecule has 4 bridgehead atoms. The number of hydrogen-bond acceptors (Lipinski definition) is 4. The maximum absolute atomic E-state index is 11.9. The fourth-order valence-corrected chi connectivity index (χ4v) is 4.75. The van der Waals surface area contributed by atoms with Crippen LogP contribution in [0.1, 0.15) is 44.9 Å². The molecule has 19 heavy (non-hydrogen) atoms. The van der Waals surface area contributed by atoms with Crippen molar-refractivity contribution in [2.24, 2.45) is 17.8 Å². The van der Waals surface area contributed by atoms with Gasteiger partial charge in [0.2, 0.25) is 0 Å². The Labute approximate surface area is 114 Å². The predicted molar refractivity (Wildman–Crippen MR) is 69.5 cm³/mol. The van der Waals surface area contributed by atoms with Crippen molar-refractivity contribution >= 4 is 5.97 Å². The van der Waals surface area contributed by atoms with Gasteiger partial charge in [0.25, 0.3) is 0 Å². The van der Waals surface area contributed by atoms with Crippen LogP contribution in [0.5, 0.6) is 0 Å². The summed E-state index contributed by atoms with van der Waals surface area (Å²) in [5.41, 5.74) is -0.161. The van der Waals surface area contributed by atoms with Gasteiger partial charge in [-0.05, 0) is 62.7 Å². The predicted octanol–water partition coefficient (Wildman–Crippen LogP) is 1.90. The zero-order valence-electron chi connectivity index (χ0n) is 11.5. The highest BCUT2D eigenvalue weighted by Crippen LogP contribution is 2.57. The largest absolute Gasteiger partial charge is 0.457 e. The number of aliphatic hydroxyl groups is 1.